The second kappa shape index (κ2) is 5.54. The van der Waals surface area contributed by atoms with Crippen LogP contribution >= 0.6 is 15.9 Å². The Kier molecular flexibility index (Phi) is 4.61. The Morgan fingerprint density at radius 1 is 1.25 bits per heavy atom. The summed E-state index contributed by atoms with van der Waals surface area (Å²) in [4.78, 5) is 0. The molecule has 1 aromatic carbocycles. The Labute approximate surface area is 99.5 Å². The lowest BCUT2D eigenvalue weighted by Crippen LogP contribution is -2.18. The lowest BCUT2D eigenvalue weighted by molar-refractivity contribution is -0.325. The van der Waals surface area contributed by atoms with E-state index in [1.165, 1.54) is 0 Å². The number of alkyl halides is 3. The second-order valence-electron chi connectivity index (χ2n) is 3.05. The quantitative estimate of drug-likeness (QED) is 0.790. The molecule has 0 fully saturated rings. The van der Waals surface area contributed by atoms with Gasteiger partial charge in [0.1, 0.15) is 12.4 Å². The minimum atomic E-state index is -4.60. The van der Waals surface area contributed by atoms with Crippen LogP contribution < -0.4 is 4.74 Å². The summed E-state index contributed by atoms with van der Waals surface area (Å²) in [6.45, 7) is 1.16. The Hall–Kier alpha value is -0.750. The summed E-state index contributed by atoms with van der Waals surface area (Å²) in [5.41, 5.74) is 0.849. The van der Waals surface area contributed by atoms with Gasteiger partial charge >= 0.3 is 6.36 Å². The van der Waals surface area contributed by atoms with Gasteiger partial charge in [0.15, 0.2) is 0 Å². The first-order chi connectivity index (χ1) is 7.38. The molecular weight excluding hydrogens is 289 g/mol. The third-order valence-electron chi connectivity index (χ3n) is 1.74. The van der Waals surface area contributed by atoms with Gasteiger partial charge in [0.25, 0.3) is 0 Å². The lowest BCUT2D eigenvalue weighted by atomic mass is 10.2. The highest BCUT2D eigenvalue weighted by atomic mass is 79.9. The molecule has 0 saturated heterocycles. The highest BCUT2D eigenvalue weighted by molar-refractivity contribution is 9.10. The summed E-state index contributed by atoms with van der Waals surface area (Å²) in [5.74, 6) is 0.550. The average Bonchev–Trinajstić information content (AvgIpc) is 2.13. The molecule has 1 rings (SSSR count). The fraction of sp³-hybridized carbons (Fsp3) is 0.400. The summed E-state index contributed by atoms with van der Waals surface area (Å²) >= 11 is 3.28. The molecule has 2 nitrogen and oxygen atoms in total. The molecule has 0 aliphatic carbocycles. The van der Waals surface area contributed by atoms with E-state index in [-0.39, 0.29) is 6.61 Å². The van der Waals surface area contributed by atoms with E-state index >= 15 is 0 Å². The van der Waals surface area contributed by atoms with Gasteiger partial charge in [-0.25, -0.2) is 0 Å². The van der Waals surface area contributed by atoms with Crippen LogP contribution in [0.25, 0.3) is 0 Å². The Morgan fingerprint density at radius 2 is 1.94 bits per heavy atom. The van der Waals surface area contributed by atoms with E-state index in [0.717, 1.165) is 10.0 Å². The molecule has 6 heteroatoms. The maximum atomic E-state index is 11.6. The highest BCUT2D eigenvalue weighted by Gasteiger charge is 2.28. The fourth-order valence-electron chi connectivity index (χ4n) is 1.08. The molecule has 0 N–H and O–H groups in total. The summed E-state index contributed by atoms with van der Waals surface area (Å²) in [5, 5.41) is 0. The molecular formula is C10H10BrF3O2. The zero-order valence-electron chi connectivity index (χ0n) is 8.47. The van der Waals surface area contributed by atoms with E-state index in [9.17, 15) is 13.2 Å². The first-order valence-electron chi connectivity index (χ1n) is 4.48. The Morgan fingerprint density at radius 3 is 2.50 bits per heavy atom. The van der Waals surface area contributed by atoms with Crippen molar-refractivity contribution in [2.45, 2.75) is 13.3 Å². The van der Waals surface area contributed by atoms with Gasteiger partial charge in [0.05, 0.1) is 6.61 Å². The molecule has 90 valence electrons. The van der Waals surface area contributed by atoms with Crippen molar-refractivity contribution in [3.05, 3.63) is 28.2 Å². The lowest BCUT2D eigenvalue weighted by Gasteiger charge is -2.10. The summed E-state index contributed by atoms with van der Waals surface area (Å²) in [7, 11) is 0. The van der Waals surface area contributed by atoms with Gasteiger partial charge in [-0.15, -0.1) is 13.2 Å². The van der Waals surface area contributed by atoms with Gasteiger partial charge in [0, 0.05) is 4.47 Å². The summed E-state index contributed by atoms with van der Waals surface area (Å²) < 4.78 is 44.5. The van der Waals surface area contributed by atoms with Crippen LogP contribution in [0.3, 0.4) is 0 Å². The predicted molar refractivity (Wildman–Crippen MR) is 56.4 cm³/mol. The van der Waals surface area contributed by atoms with Crippen LogP contribution in [0.5, 0.6) is 5.75 Å². The van der Waals surface area contributed by atoms with Crippen LogP contribution in [-0.2, 0) is 4.74 Å². The third kappa shape index (κ3) is 4.85. The third-order valence-corrected chi connectivity index (χ3v) is 2.24. The maximum absolute atomic E-state index is 11.6. The van der Waals surface area contributed by atoms with Crippen molar-refractivity contribution < 1.29 is 22.6 Å². The minimum absolute atomic E-state index is 0.137. The van der Waals surface area contributed by atoms with Crippen molar-refractivity contribution in [2.24, 2.45) is 0 Å². The van der Waals surface area contributed by atoms with E-state index in [4.69, 9.17) is 4.74 Å². The van der Waals surface area contributed by atoms with E-state index < -0.39 is 13.0 Å². The number of aryl methyl sites for hydroxylation is 1. The smallest absolute Gasteiger partial charge is 0.491 e. The van der Waals surface area contributed by atoms with Crippen LogP contribution in [0.2, 0.25) is 0 Å². The molecule has 0 radical (unpaired) electrons. The second-order valence-corrected chi connectivity index (χ2v) is 3.97. The summed E-state index contributed by atoms with van der Waals surface area (Å²) in [6.07, 6.45) is -4.60. The van der Waals surface area contributed by atoms with Crippen molar-refractivity contribution in [2.75, 3.05) is 13.2 Å². The van der Waals surface area contributed by atoms with Crippen LogP contribution in [-0.4, -0.2) is 19.6 Å². The monoisotopic (exact) mass is 298 g/mol. The maximum Gasteiger partial charge on any atom is 0.522 e. The number of benzene rings is 1. The number of halogens is 4. The molecule has 0 aliphatic rings. The number of rotatable bonds is 4. The highest BCUT2D eigenvalue weighted by Crippen LogP contribution is 2.22. The molecule has 0 saturated carbocycles. The molecule has 0 aromatic heterocycles. The predicted octanol–water partition coefficient (Wildman–Crippen LogP) is 3.67. The zero-order chi connectivity index (χ0) is 12.2. The molecule has 1 aromatic rings. The average molecular weight is 299 g/mol. The number of hydrogen-bond donors (Lipinski definition) is 0. The van der Waals surface area contributed by atoms with E-state index in [1.54, 1.807) is 12.1 Å². The van der Waals surface area contributed by atoms with Gasteiger partial charge < -0.3 is 4.74 Å². The van der Waals surface area contributed by atoms with Crippen LogP contribution in [0.15, 0.2) is 22.7 Å². The van der Waals surface area contributed by atoms with Crippen molar-refractivity contribution in [1.29, 1.82) is 0 Å². The normalized spacial score (nSPS) is 11.6. The van der Waals surface area contributed by atoms with E-state index in [0.29, 0.717) is 5.75 Å². The minimum Gasteiger partial charge on any atom is -0.491 e. The SMILES string of the molecule is Cc1cc(Br)ccc1OCCOC(F)(F)F. The van der Waals surface area contributed by atoms with Gasteiger partial charge in [-0.3, -0.25) is 4.74 Å². The largest absolute Gasteiger partial charge is 0.522 e. The molecule has 0 unspecified atom stereocenters. The topological polar surface area (TPSA) is 18.5 Å². The number of hydrogen-bond acceptors (Lipinski definition) is 2. The van der Waals surface area contributed by atoms with E-state index in [1.807, 2.05) is 13.0 Å². The van der Waals surface area contributed by atoms with E-state index in [2.05, 4.69) is 20.7 Å². The van der Waals surface area contributed by atoms with Crippen LogP contribution in [0, 0.1) is 6.92 Å². The van der Waals surface area contributed by atoms with Crippen molar-refractivity contribution in [1.82, 2.24) is 0 Å². The van der Waals surface area contributed by atoms with Crippen LogP contribution in [0.4, 0.5) is 13.2 Å². The van der Waals surface area contributed by atoms with Gasteiger partial charge in [0.2, 0.25) is 0 Å². The Balaban J connectivity index is 2.38. The van der Waals surface area contributed by atoms with Crippen molar-refractivity contribution in [3.63, 3.8) is 0 Å². The van der Waals surface area contributed by atoms with Crippen LogP contribution in [0.1, 0.15) is 5.56 Å². The Bertz CT molecular complexity index is 352. The fourth-order valence-corrected chi connectivity index (χ4v) is 1.56. The number of ether oxygens (including phenoxy) is 2. The molecule has 0 heterocycles. The molecule has 0 atom stereocenters. The molecule has 16 heavy (non-hydrogen) atoms. The molecule has 0 amide bonds. The van der Waals surface area contributed by atoms with Gasteiger partial charge in [-0.05, 0) is 30.7 Å². The summed E-state index contributed by atoms with van der Waals surface area (Å²) in [6, 6.07) is 5.26. The molecule has 0 aliphatic heterocycles. The first-order valence-corrected chi connectivity index (χ1v) is 5.27. The van der Waals surface area contributed by atoms with Gasteiger partial charge in [-0.2, -0.15) is 0 Å². The van der Waals surface area contributed by atoms with Crippen molar-refractivity contribution >= 4 is 15.9 Å². The molecule has 0 spiro atoms. The zero-order valence-corrected chi connectivity index (χ0v) is 10.1. The van der Waals surface area contributed by atoms with Crippen molar-refractivity contribution in [3.8, 4) is 5.75 Å². The molecule has 0 bridgehead atoms. The first kappa shape index (κ1) is 13.3. The standard InChI is InChI=1S/C10H10BrF3O2/c1-7-6-8(11)2-3-9(7)15-4-5-16-10(12,13)14/h2-3,6H,4-5H2,1H3. The van der Waals surface area contributed by atoms with Gasteiger partial charge in [-0.1, -0.05) is 15.9 Å².